The van der Waals surface area contributed by atoms with Gasteiger partial charge in [0.05, 0.1) is 16.5 Å². The summed E-state index contributed by atoms with van der Waals surface area (Å²) in [6, 6.07) is 4.04. The summed E-state index contributed by atoms with van der Waals surface area (Å²) >= 11 is 1.70. The van der Waals surface area contributed by atoms with E-state index in [1.165, 1.54) is 0 Å². The molecule has 0 aromatic carbocycles. The number of hydrogen-bond donors (Lipinski definition) is 1. The number of anilines is 1. The first-order valence-corrected chi connectivity index (χ1v) is 7.29. The zero-order valence-corrected chi connectivity index (χ0v) is 12.6. The van der Waals surface area contributed by atoms with Crippen LogP contribution in [-0.4, -0.2) is 26.3 Å². The normalized spacial score (nSPS) is 10.7. The van der Waals surface area contributed by atoms with Crippen LogP contribution in [0, 0.1) is 13.8 Å². The molecule has 0 unspecified atom stereocenters. The molecule has 19 heavy (non-hydrogen) atoms. The predicted molar refractivity (Wildman–Crippen MR) is 78.4 cm³/mol. The molecule has 0 aliphatic carbocycles. The maximum atomic E-state index is 4.50. The van der Waals surface area contributed by atoms with Crippen molar-refractivity contribution in [1.29, 1.82) is 0 Å². The van der Waals surface area contributed by atoms with Crippen molar-refractivity contribution in [3.63, 3.8) is 0 Å². The van der Waals surface area contributed by atoms with E-state index < -0.39 is 0 Å². The molecule has 0 saturated heterocycles. The van der Waals surface area contributed by atoms with Crippen LogP contribution >= 0.6 is 11.8 Å². The molecule has 0 atom stereocenters. The monoisotopic (exact) mass is 277 g/mol. The molecule has 0 fully saturated rings. The fourth-order valence-corrected chi connectivity index (χ4v) is 2.71. The molecule has 2 aromatic heterocycles. The highest BCUT2D eigenvalue weighted by molar-refractivity contribution is 7.98. The maximum Gasteiger partial charge on any atom is 0.141 e. The third-order valence-corrected chi connectivity index (χ3v) is 3.65. The number of thioether (sulfide) groups is 1. The quantitative estimate of drug-likeness (QED) is 0.851. The lowest BCUT2D eigenvalue weighted by molar-refractivity contribution is 0.692. The van der Waals surface area contributed by atoms with E-state index in [0.29, 0.717) is 0 Å². The van der Waals surface area contributed by atoms with E-state index in [0.717, 1.165) is 40.4 Å². The van der Waals surface area contributed by atoms with E-state index in [1.54, 1.807) is 11.8 Å². The summed E-state index contributed by atoms with van der Waals surface area (Å²) in [4.78, 5) is 8.97. The van der Waals surface area contributed by atoms with Crippen LogP contribution in [0.15, 0.2) is 17.2 Å². The topological polar surface area (TPSA) is 55.6 Å². The van der Waals surface area contributed by atoms with Gasteiger partial charge in [0, 0.05) is 25.4 Å². The summed E-state index contributed by atoms with van der Waals surface area (Å²) in [6.45, 7) is 6.91. The minimum absolute atomic E-state index is 0.749. The second-order valence-corrected chi connectivity index (χ2v) is 5.37. The molecule has 2 heterocycles. The van der Waals surface area contributed by atoms with E-state index in [1.807, 2.05) is 31.6 Å². The number of nitrogens with zero attached hydrogens (tertiary/aromatic N) is 4. The van der Waals surface area contributed by atoms with Gasteiger partial charge in [-0.15, -0.1) is 0 Å². The molecule has 0 radical (unpaired) electrons. The van der Waals surface area contributed by atoms with E-state index in [-0.39, 0.29) is 0 Å². The van der Waals surface area contributed by atoms with Crippen molar-refractivity contribution >= 4 is 17.6 Å². The fourth-order valence-electron chi connectivity index (χ4n) is 1.83. The van der Waals surface area contributed by atoms with Gasteiger partial charge < -0.3 is 5.32 Å². The Kier molecular flexibility index (Phi) is 4.42. The molecule has 0 aliphatic rings. The number of aryl methyl sites for hydroxylation is 3. The van der Waals surface area contributed by atoms with Crippen LogP contribution in [0.4, 0.5) is 5.82 Å². The molecule has 0 spiro atoms. The average Bonchev–Trinajstić information content (AvgIpc) is 2.65. The van der Waals surface area contributed by atoms with Crippen LogP contribution in [0.2, 0.25) is 0 Å². The van der Waals surface area contributed by atoms with Crippen molar-refractivity contribution in [2.75, 3.05) is 11.9 Å². The molecule has 102 valence electrons. The van der Waals surface area contributed by atoms with Gasteiger partial charge in [-0.3, -0.25) is 4.68 Å². The summed E-state index contributed by atoms with van der Waals surface area (Å²) in [5.74, 6) is 2.49. The molecule has 1 N–H and O–H groups in total. The van der Waals surface area contributed by atoms with Crippen LogP contribution in [0.5, 0.6) is 0 Å². The number of aromatic nitrogens is 4. The van der Waals surface area contributed by atoms with Gasteiger partial charge >= 0.3 is 0 Å². The van der Waals surface area contributed by atoms with E-state index in [4.69, 9.17) is 0 Å². The maximum absolute atomic E-state index is 4.50. The lowest BCUT2D eigenvalue weighted by atomic mass is 10.4. The smallest absolute Gasteiger partial charge is 0.141 e. The molecule has 0 bridgehead atoms. The van der Waals surface area contributed by atoms with Crippen LogP contribution in [-0.2, 0) is 12.8 Å². The molecule has 5 nitrogen and oxygen atoms in total. The average molecular weight is 277 g/mol. The van der Waals surface area contributed by atoms with Crippen LogP contribution in [0.1, 0.15) is 24.1 Å². The van der Waals surface area contributed by atoms with Crippen molar-refractivity contribution in [2.45, 2.75) is 31.6 Å². The zero-order valence-electron chi connectivity index (χ0n) is 11.8. The number of rotatable bonds is 5. The minimum atomic E-state index is 0.749. The number of hydrogen-bond acceptors (Lipinski definition) is 5. The number of nitrogens with one attached hydrogen (secondary N) is 1. The van der Waals surface area contributed by atoms with Gasteiger partial charge in [-0.2, -0.15) is 5.10 Å². The first kappa shape index (κ1) is 13.9. The summed E-state index contributed by atoms with van der Waals surface area (Å²) < 4.78 is 1.89. The standard InChI is InChI=1S/C13H19N5S/c1-5-14-11-6-9(2)15-12(16-11)8-19-13-7-10(3)17-18(13)4/h6-7H,5,8H2,1-4H3,(H,14,15,16). The Morgan fingerprint density at radius 2 is 2.00 bits per heavy atom. The van der Waals surface area contributed by atoms with E-state index in [2.05, 4.69) is 33.4 Å². The second-order valence-electron chi connectivity index (χ2n) is 4.38. The molecule has 2 rings (SSSR count). The Morgan fingerprint density at radius 1 is 1.21 bits per heavy atom. The highest BCUT2D eigenvalue weighted by Crippen LogP contribution is 2.22. The van der Waals surface area contributed by atoms with E-state index >= 15 is 0 Å². The molecule has 0 amide bonds. The largest absolute Gasteiger partial charge is 0.370 e. The molecular formula is C13H19N5S. The minimum Gasteiger partial charge on any atom is -0.370 e. The van der Waals surface area contributed by atoms with Gasteiger partial charge in [-0.1, -0.05) is 11.8 Å². The van der Waals surface area contributed by atoms with Gasteiger partial charge in [0.15, 0.2) is 0 Å². The zero-order chi connectivity index (χ0) is 13.8. The lowest BCUT2D eigenvalue weighted by Gasteiger charge is -2.06. The first-order chi connectivity index (χ1) is 9.08. The van der Waals surface area contributed by atoms with E-state index in [9.17, 15) is 0 Å². The Morgan fingerprint density at radius 3 is 2.63 bits per heavy atom. The van der Waals surface area contributed by atoms with Crippen molar-refractivity contribution in [3.05, 3.63) is 29.3 Å². The Bertz CT molecular complexity index is 564. The van der Waals surface area contributed by atoms with Gasteiger partial charge in [-0.05, 0) is 26.8 Å². The lowest BCUT2D eigenvalue weighted by Crippen LogP contribution is -2.04. The van der Waals surface area contributed by atoms with Crippen LogP contribution < -0.4 is 5.32 Å². The third-order valence-electron chi connectivity index (χ3n) is 2.57. The van der Waals surface area contributed by atoms with Crippen molar-refractivity contribution in [3.8, 4) is 0 Å². The highest BCUT2D eigenvalue weighted by atomic mass is 32.2. The SMILES string of the molecule is CCNc1cc(C)nc(CSc2cc(C)nn2C)n1. The molecular weight excluding hydrogens is 258 g/mol. The Balaban J connectivity index is 2.08. The molecule has 0 saturated carbocycles. The summed E-state index contributed by atoms with van der Waals surface area (Å²) in [7, 11) is 1.95. The fraction of sp³-hybridized carbons (Fsp3) is 0.462. The predicted octanol–water partition coefficient (Wildman–Crippen LogP) is 2.55. The van der Waals surface area contributed by atoms with Crippen LogP contribution in [0.3, 0.4) is 0 Å². The van der Waals surface area contributed by atoms with Gasteiger partial charge in [0.25, 0.3) is 0 Å². The third kappa shape index (κ3) is 3.70. The second kappa shape index (κ2) is 6.06. The molecule has 6 heteroatoms. The summed E-state index contributed by atoms with van der Waals surface area (Å²) in [5, 5.41) is 8.69. The van der Waals surface area contributed by atoms with Crippen molar-refractivity contribution in [1.82, 2.24) is 19.7 Å². The summed E-state index contributed by atoms with van der Waals surface area (Å²) in [6.07, 6.45) is 0. The van der Waals surface area contributed by atoms with Crippen molar-refractivity contribution < 1.29 is 0 Å². The van der Waals surface area contributed by atoms with Gasteiger partial charge in [-0.25, -0.2) is 9.97 Å². The summed E-state index contributed by atoms with van der Waals surface area (Å²) in [5.41, 5.74) is 2.02. The highest BCUT2D eigenvalue weighted by Gasteiger charge is 2.06. The van der Waals surface area contributed by atoms with Crippen molar-refractivity contribution in [2.24, 2.45) is 7.05 Å². The van der Waals surface area contributed by atoms with Gasteiger partial charge in [0.1, 0.15) is 11.6 Å². The van der Waals surface area contributed by atoms with Crippen LogP contribution in [0.25, 0.3) is 0 Å². The first-order valence-electron chi connectivity index (χ1n) is 6.30. The Labute approximate surface area is 117 Å². The molecule has 2 aromatic rings. The van der Waals surface area contributed by atoms with Gasteiger partial charge in [0.2, 0.25) is 0 Å². The Hall–Kier alpha value is -1.56. The molecule has 0 aliphatic heterocycles.